The quantitative estimate of drug-likeness (QED) is 0.727. The van der Waals surface area contributed by atoms with Crippen LogP contribution in [0.5, 0.6) is 5.75 Å². The first-order valence-electron chi connectivity index (χ1n) is 8.52. The number of hydrogen-bond donors (Lipinski definition) is 1. The number of hydrogen-bond acceptors (Lipinski definition) is 4. The predicted molar refractivity (Wildman–Crippen MR) is 98.3 cm³/mol. The second-order valence-corrected chi connectivity index (χ2v) is 6.41. The fourth-order valence-electron chi connectivity index (χ4n) is 3.69. The van der Waals surface area contributed by atoms with Crippen molar-refractivity contribution >= 4 is 24.8 Å². The number of nitrogens with one attached hydrogen (secondary N) is 1. The normalized spacial score (nSPS) is 20.3. The van der Waals surface area contributed by atoms with Crippen LogP contribution in [0.15, 0.2) is 18.2 Å². The molecule has 0 bridgehead atoms. The highest BCUT2D eigenvalue weighted by Gasteiger charge is 2.35. The van der Waals surface area contributed by atoms with E-state index in [0.29, 0.717) is 13.2 Å². The van der Waals surface area contributed by atoms with Crippen molar-refractivity contribution in [3.05, 3.63) is 29.6 Å². The molecule has 1 aromatic rings. The first-order valence-corrected chi connectivity index (χ1v) is 8.52. The highest BCUT2D eigenvalue weighted by Crippen LogP contribution is 2.38. The molecule has 0 spiro atoms. The second-order valence-electron chi connectivity index (χ2n) is 6.41. The van der Waals surface area contributed by atoms with E-state index in [2.05, 4.69) is 15.0 Å². The van der Waals surface area contributed by atoms with Crippen LogP contribution in [0, 0.1) is 11.7 Å². The lowest BCUT2D eigenvalue weighted by Crippen LogP contribution is -2.47. The molecule has 2 fully saturated rings. The minimum atomic E-state index is -4.79. The third-order valence-electron chi connectivity index (χ3n) is 4.78. The van der Waals surface area contributed by atoms with Crippen LogP contribution in [0.1, 0.15) is 24.4 Å². The van der Waals surface area contributed by atoms with Crippen molar-refractivity contribution in [3.8, 4) is 5.75 Å². The lowest BCUT2D eigenvalue weighted by Gasteiger charge is -2.41. The van der Waals surface area contributed by atoms with Gasteiger partial charge < -0.3 is 14.8 Å². The Labute approximate surface area is 168 Å². The van der Waals surface area contributed by atoms with E-state index in [4.69, 9.17) is 4.74 Å². The monoisotopic (exact) mass is 434 g/mol. The van der Waals surface area contributed by atoms with Gasteiger partial charge in [-0.25, -0.2) is 4.39 Å². The molecule has 0 amide bonds. The van der Waals surface area contributed by atoms with Crippen LogP contribution in [0.25, 0.3) is 0 Å². The van der Waals surface area contributed by atoms with Crippen molar-refractivity contribution in [2.24, 2.45) is 5.92 Å². The Morgan fingerprint density at radius 2 is 1.74 bits per heavy atom. The maximum Gasteiger partial charge on any atom is 0.573 e. The molecule has 0 unspecified atom stereocenters. The summed E-state index contributed by atoms with van der Waals surface area (Å²) >= 11 is 0. The van der Waals surface area contributed by atoms with E-state index in [0.717, 1.165) is 51.2 Å². The summed E-state index contributed by atoms with van der Waals surface area (Å²) in [5.74, 6) is -0.733. The van der Waals surface area contributed by atoms with Gasteiger partial charge in [0.25, 0.3) is 0 Å². The van der Waals surface area contributed by atoms with E-state index in [9.17, 15) is 17.6 Å². The Morgan fingerprint density at radius 1 is 1.11 bits per heavy atom. The standard InChI is InChI=1S/C17H22F4N2O2.2ClH/c18-15-2-1-13(25-17(19,20)21)11-14(15)16(12-3-9-24-10-4-12)23-7-5-22-6-8-23;;/h1-2,11-12,16,22H,3-10H2;2*1H/t16-;;/m1../s1. The second kappa shape index (κ2) is 10.7. The molecule has 3 rings (SSSR count). The fourth-order valence-corrected chi connectivity index (χ4v) is 3.69. The average Bonchev–Trinajstić information content (AvgIpc) is 2.59. The van der Waals surface area contributed by atoms with Crippen LogP contribution in [-0.4, -0.2) is 50.7 Å². The maximum absolute atomic E-state index is 14.6. The summed E-state index contributed by atoms with van der Waals surface area (Å²) < 4.78 is 61.5. The average molecular weight is 435 g/mol. The van der Waals surface area contributed by atoms with Gasteiger partial charge in [0.2, 0.25) is 0 Å². The summed E-state index contributed by atoms with van der Waals surface area (Å²) in [6.45, 7) is 4.19. The SMILES string of the molecule is Cl.Cl.Fc1ccc(OC(F)(F)F)cc1[C@@H](C1CCOCC1)N1CCNCC1. The van der Waals surface area contributed by atoms with Crippen LogP contribution in [0.2, 0.25) is 0 Å². The highest BCUT2D eigenvalue weighted by atomic mass is 35.5. The number of halogens is 6. The van der Waals surface area contributed by atoms with Crippen molar-refractivity contribution in [3.63, 3.8) is 0 Å². The molecule has 156 valence electrons. The molecule has 1 atom stereocenters. The van der Waals surface area contributed by atoms with Gasteiger partial charge in [0.05, 0.1) is 0 Å². The van der Waals surface area contributed by atoms with Gasteiger partial charge in [-0.05, 0) is 37.0 Å². The van der Waals surface area contributed by atoms with Gasteiger partial charge in [-0.3, -0.25) is 4.90 Å². The molecule has 2 saturated heterocycles. The van der Waals surface area contributed by atoms with E-state index in [1.54, 1.807) is 0 Å². The summed E-state index contributed by atoms with van der Waals surface area (Å²) in [6, 6.07) is 3.00. The molecule has 1 N–H and O–H groups in total. The van der Waals surface area contributed by atoms with Gasteiger partial charge in [0.15, 0.2) is 0 Å². The summed E-state index contributed by atoms with van der Waals surface area (Å²) in [5.41, 5.74) is 0.274. The molecule has 0 radical (unpaired) electrons. The molecule has 2 aliphatic heterocycles. The Morgan fingerprint density at radius 3 is 2.33 bits per heavy atom. The number of ether oxygens (including phenoxy) is 2. The molecule has 0 saturated carbocycles. The Hall–Kier alpha value is -0.800. The first-order chi connectivity index (χ1) is 11.9. The smallest absolute Gasteiger partial charge is 0.406 e. The number of alkyl halides is 3. The molecule has 27 heavy (non-hydrogen) atoms. The van der Waals surface area contributed by atoms with Gasteiger partial charge >= 0.3 is 6.36 Å². The zero-order valence-electron chi connectivity index (χ0n) is 14.6. The summed E-state index contributed by atoms with van der Waals surface area (Å²) in [4.78, 5) is 2.16. The zero-order valence-corrected chi connectivity index (χ0v) is 16.3. The van der Waals surface area contributed by atoms with Gasteiger partial charge in [-0.15, -0.1) is 38.0 Å². The summed E-state index contributed by atoms with van der Waals surface area (Å²) in [7, 11) is 0. The summed E-state index contributed by atoms with van der Waals surface area (Å²) in [6.07, 6.45) is -3.27. The van der Waals surface area contributed by atoms with Crippen LogP contribution in [0.4, 0.5) is 17.6 Å². The Balaban J connectivity index is 0.00000182. The van der Waals surface area contributed by atoms with Crippen molar-refractivity contribution < 1.29 is 27.0 Å². The molecule has 2 aliphatic rings. The fraction of sp³-hybridized carbons (Fsp3) is 0.647. The van der Waals surface area contributed by atoms with E-state index in [-0.39, 0.29) is 48.1 Å². The topological polar surface area (TPSA) is 33.7 Å². The molecule has 2 heterocycles. The lowest BCUT2D eigenvalue weighted by molar-refractivity contribution is -0.274. The Kier molecular flexibility index (Phi) is 9.57. The Bertz CT molecular complexity index is 563. The van der Waals surface area contributed by atoms with Crippen LogP contribution < -0.4 is 10.1 Å². The van der Waals surface area contributed by atoms with Gasteiger partial charge in [-0.1, -0.05) is 0 Å². The summed E-state index contributed by atoms with van der Waals surface area (Å²) in [5, 5.41) is 3.25. The molecular formula is C17H24Cl2F4N2O2. The predicted octanol–water partition coefficient (Wildman–Crippen LogP) is 3.94. The van der Waals surface area contributed by atoms with Gasteiger partial charge in [0, 0.05) is 51.0 Å². The van der Waals surface area contributed by atoms with E-state index in [1.165, 1.54) is 6.07 Å². The van der Waals surface area contributed by atoms with Crippen LogP contribution >= 0.6 is 24.8 Å². The third-order valence-corrected chi connectivity index (χ3v) is 4.78. The van der Waals surface area contributed by atoms with Crippen molar-refractivity contribution in [1.29, 1.82) is 0 Å². The molecule has 0 aliphatic carbocycles. The number of rotatable bonds is 4. The zero-order chi connectivity index (χ0) is 17.9. The minimum absolute atomic E-state index is 0. The molecular weight excluding hydrogens is 411 g/mol. The van der Waals surface area contributed by atoms with Crippen molar-refractivity contribution in [2.75, 3.05) is 39.4 Å². The van der Waals surface area contributed by atoms with Gasteiger partial charge in [0.1, 0.15) is 11.6 Å². The van der Waals surface area contributed by atoms with Gasteiger partial charge in [-0.2, -0.15) is 0 Å². The van der Waals surface area contributed by atoms with Crippen LogP contribution in [-0.2, 0) is 4.74 Å². The van der Waals surface area contributed by atoms with E-state index < -0.39 is 12.2 Å². The lowest BCUT2D eigenvalue weighted by atomic mass is 9.85. The highest BCUT2D eigenvalue weighted by molar-refractivity contribution is 5.85. The third kappa shape index (κ3) is 6.64. The molecule has 4 nitrogen and oxygen atoms in total. The number of benzene rings is 1. The molecule has 10 heteroatoms. The minimum Gasteiger partial charge on any atom is -0.406 e. The molecule has 0 aromatic heterocycles. The van der Waals surface area contributed by atoms with Crippen LogP contribution in [0.3, 0.4) is 0 Å². The maximum atomic E-state index is 14.6. The number of piperazine rings is 1. The van der Waals surface area contributed by atoms with E-state index >= 15 is 0 Å². The van der Waals surface area contributed by atoms with Crippen molar-refractivity contribution in [1.82, 2.24) is 10.2 Å². The first kappa shape index (κ1) is 24.2. The largest absolute Gasteiger partial charge is 0.573 e. The van der Waals surface area contributed by atoms with E-state index in [1.807, 2.05) is 0 Å². The molecule has 1 aromatic carbocycles. The number of nitrogens with zero attached hydrogens (tertiary/aromatic N) is 1. The van der Waals surface area contributed by atoms with Crippen molar-refractivity contribution in [2.45, 2.75) is 25.2 Å².